The van der Waals surface area contributed by atoms with E-state index in [9.17, 15) is 0 Å². The molecule has 4 heteroatoms. The van der Waals surface area contributed by atoms with Crippen LogP contribution in [-0.2, 0) is 11.8 Å². The summed E-state index contributed by atoms with van der Waals surface area (Å²) >= 11 is 0. The highest BCUT2D eigenvalue weighted by Gasteiger charge is 2.26. The monoisotopic (exact) mass is 424 g/mol. The van der Waals surface area contributed by atoms with Gasteiger partial charge < -0.3 is 19.7 Å². The first-order valence-electron chi connectivity index (χ1n) is 11.7. The molecule has 4 nitrogen and oxygen atoms in total. The number of rotatable bonds is 8. The number of hydrogen-bond acceptors (Lipinski definition) is 4. The van der Waals surface area contributed by atoms with E-state index in [1.807, 2.05) is 0 Å². The summed E-state index contributed by atoms with van der Waals surface area (Å²) in [7, 11) is 1.73. The molecule has 2 aromatic carbocycles. The molecular formula is C27H40N2O2. The van der Waals surface area contributed by atoms with Gasteiger partial charge in [-0.1, -0.05) is 58.4 Å². The first-order valence-corrected chi connectivity index (χ1v) is 11.7. The molecule has 2 aromatic rings. The number of methoxy groups -OCH3 is 1. The van der Waals surface area contributed by atoms with Crippen LogP contribution >= 0.6 is 0 Å². The number of benzene rings is 2. The van der Waals surface area contributed by atoms with Gasteiger partial charge in [-0.3, -0.25) is 0 Å². The molecule has 170 valence electrons. The number of nitrogens with one attached hydrogen (secondary N) is 1. The van der Waals surface area contributed by atoms with E-state index in [2.05, 4.69) is 82.1 Å². The molecular weight excluding hydrogens is 384 g/mol. The van der Waals surface area contributed by atoms with E-state index in [0.717, 1.165) is 44.1 Å². The first kappa shape index (κ1) is 23.6. The fourth-order valence-electron chi connectivity index (χ4n) is 4.37. The third kappa shape index (κ3) is 5.61. The Bertz CT molecular complexity index is 882. The van der Waals surface area contributed by atoms with E-state index in [-0.39, 0.29) is 11.5 Å². The standard InChI is InChI=1S/C27H40N2O2/c1-8-29(9-2)12-13-31-25-18-23-20(17-24(25)30-7)10-11-28-26(23)21-14-19(3)15-22(16-21)27(4,5)6/h14-18,26,28H,8-13H2,1-7H3. The molecule has 1 unspecified atom stereocenters. The minimum Gasteiger partial charge on any atom is -0.493 e. The van der Waals surface area contributed by atoms with Crippen molar-refractivity contribution in [2.45, 2.75) is 59.4 Å². The van der Waals surface area contributed by atoms with Gasteiger partial charge in [-0.2, -0.15) is 0 Å². The second kappa shape index (κ2) is 10.1. The van der Waals surface area contributed by atoms with Gasteiger partial charge in [-0.15, -0.1) is 0 Å². The molecule has 0 saturated heterocycles. The highest BCUT2D eigenvalue weighted by molar-refractivity contribution is 5.52. The summed E-state index contributed by atoms with van der Waals surface area (Å²) < 4.78 is 11.9. The summed E-state index contributed by atoms with van der Waals surface area (Å²) in [6, 6.07) is 11.5. The zero-order valence-corrected chi connectivity index (χ0v) is 20.5. The molecule has 0 aliphatic carbocycles. The third-order valence-corrected chi connectivity index (χ3v) is 6.34. The van der Waals surface area contributed by atoms with Crippen LogP contribution in [0, 0.1) is 6.92 Å². The Morgan fingerprint density at radius 2 is 1.77 bits per heavy atom. The molecule has 1 aliphatic rings. The minimum absolute atomic E-state index is 0.122. The number of fused-ring (bicyclic) bond motifs is 1. The van der Waals surface area contributed by atoms with Crippen LogP contribution in [0.5, 0.6) is 11.5 Å². The Labute approximate surface area is 188 Å². The molecule has 1 aliphatic heterocycles. The second-order valence-corrected chi connectivity index (χ2v) is 9.60. The predicted octanol–water partition coefficient (Wildman–Crippen LogP) is 5.26. The van der Waals surface area contributed by atoms with Crippen molar-refractivity contribution >= 4 is 0 Å². The van der Waals surface area contributed by atoms with E-state index in [0.29, 0.717) is 6.61 Å². The number of likely N-dealkylation sites (N-methyl/N-ethyl adjacent to an activating group) is 1. The average molecular weight is 425 g/mol. The Hall–Kier alpha value is -2.04. The van der Waals surface area contributed by atoms with Gasteiger partial charge in [-0.25, -0.2) is 0 Å². The quantitative estimate of drug-likeness (QED) is 0.627. The lowest BCUT2D eigenvalue weighted by Gasteiger charge is -2.30. The van der Waals surface area contributed by atoms with E-state index in [1.165, 1.54) is 27.8 Å². The van der Waals surface area contributed by atoms with Crippen molar-refractivity contribution in [3.63, 3.8) is 0 Å². The Balaban J connectivity index is 1.94. The zero-order valence-electron chi connectivity index (χ0n) is 20.5. The highest BCUT2D eigenvalue weighted by Crippen LogP contribution is 2.38. The summed E-state index contributed by atoms with van der Waals surface area (Å²) in [5.41, 5.74) is 6.77. The smallest absolute Gasteiger partial charge is 0.161 e. The lowest BCUT2D eigenvalue weighted by atomic mass is 9.82. The van der Waals surface area contributed by atoms with Crippen LogP contribution in [0.3, 0.4) is 0 Å². The van der Waals surface area contributed by atoms with Gasteiger partial charge in [-0.05, 0) is 66.2 Å². The van der Waals surface area contributed by atoms with E-state index in [1.54, 1.807) is 7.11 Å². The van der Waals surface area contributed by atoms with Gasteiger partial charge in [0.25, 0.3) is 0 Å². The van der Waals surface area contributed by atoms with Crippen LogP contribution in [0.25, 0.3) is 0 Å². The van der Waals surface area contributed by atoms with Gasteiger partial charge in [0, 0.05) is 13.1 Å². The Morgan fingerprint density at radius 3 is 2.42 bits per heavy atom. The molecule has 1 N–H and O–H groups in total. The molecule has 3 rings (SSSR count). The maximum absolute atomic E-state index is 6.22. The molecule has 1 atom stereocenters. The van der Waals surface area contributed by atoms with Crippen LogP contribution in [0.4, 0.5) is 0 Å². The van der Waals surface area contributed by atoms with Gasteiger partial charge in [0.1, 0.15) is 6.61 Å². The summed E-state index contributed by atoms with van der Waals surface area (Å²) in [6.45, 7) is 18.0. The number of aryl methyl sites for hydroxylation is 1. The van der Waals surface area contributed by atoms with Crippen LogP contribution in [0.15, 0.2) is 30.3 Å². The summed E-state index contributed by atoms with van der Waals surface area (Å²) in [5, 5.41) is 3.75. The Morgan fingerprint density at radius 1 is 1.03 bits per heavy atom. The fourth-order valence-corrected chi connectivity index (χ4v) is 4.37. The first-order chi connectivity index (χ1) is 14.8. The van der Waals surface area contributed by atoms with Gasteiger partial charge >= 0.3 is 0 Å². The molecule has 0 amide bonds. The largest absolute Gasteiger partial charge is 0.493 e. The molecule has 0 radical (unpaired) electrons. The normalized spacial score (nSPS) is 16.3. The number of nitrogens with zero attached hydrogens (tertiary/aromatic N) is 1. The molecule has 0 saturated carbocycles. The lowest BCUT2D eigenvalue weighted by Crippen LogP contribution is -2.31. The van der Waals surface area contributed by atoms with Crippen LogP contribution in [0.2, 0.25) is 0 Å². The number of hydrogen-bond donors (Lipinski definition) is 1. The molecule has 31 heavy (non-hydrogen) atoms. The van der Waals surface area contributed by atoms with Crippen molar-refractivity contribution in [1.82, 2.24) is 10.2 Å². The minimum atomic E-state index is 0.122. The summed E-state index contributed by atoms with van der Waals surface area (Å²) in [5.74, 6) is 1.67. The Kier molecular flexibility index (Phi) is 7.66. The van der Waals surface area contributed by atoms with Crippen molar-refractivity contribution in [3.05, 3.63) is 58.1 Å². The van der Waals surface area contributed by atoms with E-state index >= 15 is 0 Å². The summed E-state index contributed by atoms with van der Waals surface area (Å²) in [6.07, 6.45) is 1.000. The van der Waals surface area contributed by atoms with Crippen LogP contribution in [0.1, 0.15) is 68.5 Å². The average Bonchev–Trinajstić information content (AvgIpc) is 2.74. The topological polar surface area (TPSA) is 33.7 Å². The molecule has 0 fully saturated rings. The van der Waals surface area contributed by atoms with Crippen molar-refractivity contribution in [2.75, 3.05) is 39.9 Å². The van der Waals surface area contributed by atoms with Gasteiger partial charge in [0.2, 0.25) is 0 Å². The highest BCUT2D eigenvalue weighted by atomic mass is 16.5. The second-order valence-electron chi connectivity index (χ2n) is 9.60. The SMILES string of the molecule is CCN(CC)CCOc1cc2c(cc1OC)CCNC2c1cc(C)cc(C(C)(C)C)c1. The van der Waals surface area contributed by atoms with Crippen molar-refractivity contribution in [1.29, 1.82) is 0 Å². The molecule has 0 aromatic heterocycles. The van der Waals surface area contributed by atoms with Crippen LogP contribution in [-0.4, -0.2) is 44.8 Å². The lowest BCUT2D eigenvalue weighted by molar-refractivity contribution is 0.217. The van der Waals surface area contributed by atoms with E-state index in [4.69, 9.17) is 9.47 Å². The maximum Gasteiger partial charge on any atom is 0.161 e. The van der Waals surface area contributed by atoms with Crippen molar-refractivity contribution < 1.29 is 9.47 Å². The van der Waals surface area contributed by atoms with Gasteiger partial charge in [0.05, 0.1) is 13.2 Å². The molecule has 0 bridgehead atoms. The summed E-state index contributed by atoms with van der Waals surface area (Å²) in [4.78, 5) is 2.37. The van der Waals surface area contributed by atoms with Crippen molar-refractivity contribution in [2.24, 2.45) is 0 Å². The fraction of sp³-hybridized carbons (Fsp3) is 0.556. The predicted molar refractivity (Wildman–Crippen MR) is 130 cm³/mol. The molecule has 0 spiro atoms. The molecule has 1 heterocycles. The van der Waals surface area contributed by atoms with Gasteiger partial charge in [0.15, 0.2) is 11.5 Å². The maximum atomic E-state index is 6.22. The van der Waals surface area contributed by atoms with Crippen molar-refractivity contribution in [3.8, 4) is 11.5 Å². The third-order valence-electron chi connectivity index (χ3n) is 6.34. The number of ether oxygens (including phenoxy) is 2. The van der Waals surface area contributed by atoms with Crippen LogP contribution < -0.4 is 14.8 Å². The van der Waals surface area contributed by atoms with E-state index < -0.39 is 0 Å². The zero-order chi connectivity index (χ0) is 22.6.